The Morgan fingerprint density at radius 2 is 1.85 bits per heavy atom. The van der Waals surface area contributed by atoms with Crippen LogP contribution in [0.2, 0.25) is 0 Å². The monoisotopic (exact) mass is 272 g/mol. The zero-order valence-corrected chi connectivity index (χ0v) is 11.6. The largest absolute Gasteiger partial charge is 0.399 e. The van der Waals surface area contributed by atoms with Gasteiger partial charge in [0, 0.05) is 17.9 Å². The van der Waals surface area contributed by atoms with Crippen molar-refractivity contribution in [3.05, 3.63) is 59.4 Å². The van der Waals surface area contributed by atoms with Gasteiger partial charge < -0.3 is 10.6 Å². The van der Waals surface area contributed by atoms with Gasteiger partial charge in [-0.3, -0.25) is 4.79 Å². The first-order chi connectivity index (χ1) is 9.52. The van der Waals surface area contributed by atoms with E-state index in [0.29, 0.717) is 17.9 Å². The molecule has 0 bridgehead atoms. The van der Waals surface area contributed by atoms with Gasteiger partial charge in [0.15, 0.2) is 0 Å². The molecule has 0 aliphatic rings. The van der Waals surface area contributed by atoms with Gasteiger partial charge in [0.05, 0.1) is 5.56 Å². The van der Waals surface area contributed by atoms with E-state index in [1.165, 1.54) is 17.0 Å². The van der Waals surface area contributed by atoms with Crippen molar-refractivity contribution in [2.45, 2.75) is 13.8 Å². The molecule has 20 heavy (non-hydrogen) atoms. The summed E-state index contributed by atoms with van der Waals surface area (Å²) in [6.45, 7) is 4.09. The second-order valence-corrected chi connectivity index (χ2v) is 4.62. The highest BCUT2D eigenvalue weighted by Crippen LogP contribution is 2.20. The van der Waals surface area contributed by atoms with Gasteiger partial charge in [0.1, 0.15) is 5.82 Å². The van der Waals surface area contributed by atoms with Crippen LogP contribution in [0.5, 0.6) is 0 Å². The lowest BCUT2D eigenvalue weighted by Gasteiger charge is -2.21. The Bertz CT molecular complexity index is 623. The number of benzene rings is 2. The van der Waals surface area contributed by atoms with Crippen molar-refractivity contribution in [1.29, 1.82) is 0 Å². The molecule has 0 aliphatic carbocycles. The lowest BCUT2D eigenvalue weighted by atomic mass is 10.1. The van der Waals surface area contributed by atoms with Gasteiger partial charge in [-0.15, -0.1) is 0 Å². The van der Waals surface area contributed by atoms with E-state index < -0.39 is 5.82 Å². The lowest BCUT2D eigenvalue weighted by molar-refractivity contribution is 0.0984. The van der Waals surface area contributed by atoms with Gasteiger partial charge >= 0.3 is 0 Å². The van der Waals surface area contributed by atoms with Crippen LogP contribution in [0.4, 0.5) is 15.8 Å². The summed E-state index contributed by atoms with van der Waals surface area (Å²) < 4.78 is 13.9. The van der Waals surface area contributed by atoms with E-state index in [0.717, 1.165) is 5.56 Å². The Labute approximate surface area is 117 Å². The highest BCUT2D eigenvalue weighted by atomic mass is 19.1. The van der Waals surface area contributed by atoms with Crippen molar-refractivity contribution in [1.82, 2.24) is 0 Å². The Morgan fingerprint density at radius 3 is 2.40 bits per heavy atom. The standard InChI is InChI=1S/C16H17FN2O/c1-3-19(13-7-5-12(18)6-8-13)16(20)14-9-4-11(2)10-15(14)17/h4-10H,3,18H2,1-2H3. The molecule has 2 aromatic rings. The molecule has 0 aliphatic heterocycles. The third kappa shape index (κ3) is 2.79. The second kappa shape index (κ2) is 5.74. The van der Waals surface area contributed by atoms with Gasteiger partial charge in [0.25, 0.3) is 5.91 Å². The van der Waals surface area contributed by atoms with Crippen LogP contribution in [-0.4, -0.2) is 12.5 Å². The minimum atomic E-state index is -0.496. The van der Waals surface area contributed by atoms with Crippen LogP contribution in [0.15, 0.2) is 42.5 Å². The number of carbonyl (C=O) groups is 1. The molecular weight excluding hydrogens is 255 g/mol. The smallest absolute Gasteiger partial charge is 0.261 e. The number of aryl methyl sites for hydroxylation is 1. The van der Waals surface area contributed by atoms with E-state index in [9.17, 15) is 9.18 Å². The molecule has 2 rings (SSSR count). The quantitative estimate of drug-likeness (QED) is 0.871. The average molecular weight is 272 g/mol. The van der Waals surface area contributed by atoms with E-state index in [4.69, 9.17) is 5.73 Å². The number of hydrogen-bond acceptors (Lipinski definition) is 2. The average Bonchev–Trinajstić information content (AvgIpc) is 2.41. The maximum absolute atomic E-state index is 13.9. The SMILES string of the molecule is CCN(C(=O)c1ccc(C)cc1F)c1ccc(N)cc1. The second-order valence-electron chi connectivity index (χ2n) is 4.62. The zero-order valence-electron chi connectivity index (χ0n) is 11.6. The molecule has 0 spiro atoms. The maximum atomic E-state index is 13.9. The van der Waals surface area contributed by atoms with Crippen LogP contribution in [0.25, 0.3) is 0 Å². The number of anilines is 2. The predicted octanol–water partition coefficient (Wildman–Crippen LogP) is 3.38. The Kier molecular flexibility index (Phi) is 4.03. The highest BCUT2D eigenvalue weighted by molar-refractivity contribution is 6.06. The van der Waals surface area contributed by atoms with E-state index in [1.54, 1.807) is 37.3 Å². The van der Waals surface area contributed by atoms with Crippen molar-refractivity contribution in [3.8, 4) is 0 Å². The fourth-order valence-electron chi connectivity index (χ4n) is 2.04. The van der Waals surface area contributed by atoms with Crippen LogP contribution in [-0.2, 0) is 0 Å². The van der Waals surface area contributed by atoms with Gasteiger partial charge in [-0.2, -0.15) is 0 Å². The molecule has 0 radical (unpaired) electrons. The molecule has 0 unspecified atom stereocenters. The van der Waals surface area contributed by atoms with Crippen molar-refractivity contribution >= 4 is 17.3 Å². The fraction of sp³-hybridized carbons (Fsp3) is 0.188. The molecule has 4 heteroatoms. The van der Waals surface area contributed by atoms with E-state index in [2.05, 4.69) is 0 Å². The van der Waals surface area contributed by atoms with Crippen LogP contribution >= 0.6 is 0 Å². The first-order valence-corrected chi connectivity index (χ1v) is 6.46. The maximum Gasteiger partial charge on any atom is 0.261 e. The Balaban J connectivity index is 2.36. The van der Waals surface area contributed by atoms with Gasteiger partial charge in [0.2, 0.25) is 0 Å². The van der Waals surface area contributed by atoms with Crippen molar-refractivity contribution in [2.75, 3.05) is 17.2 Å². The summed E-state index contributed by atoms with van der Waals surface area (Å²) in [6.07, 6.45) is 0. The van der Waals surface area contributed by atoms with E-state index in [1.807, 2.05) is 6.92 Å². The molecule has 0 heterocycles. The summed E-state index contributed by atoms with van der Waals surface area (Å²) >= 11 is 0. The number of rotatable bonds is 3. The first-order valence-electron chi connectivity index (χ1n) is 6.46. The van der Waals surface area contributed by atoms with Crippen molar-refractivity contribution < 1.29 is 9.18 Å². The summed E-state index contributed by atoms with van der Waals surface area (Å²) in [7, 11) is 0. The molecule has 0 aromatic heterocycles. The number of carbonyl (C=O) groups excluding carboxylic acids is 1. The third-order valence-electron chi connectivity index (χ3n) is 3.12. The summed E-state index contributed by atoms with van der Waals surface area (Å²) in [5.74, 6) is -0.848. The van der Waals surface area contributed by atoms with Crippen LogP contribution < -0.4 is 10.6 Å². The minimum Gasteiger partial charge on any atom is -0.399 e. The Hall–Kier alpha value is -2.36. The lowest BCUT2D eigenvalue weighted by Crippen LogP contribution is -2.31. The predicted molar refractivity (Wildman–Crippen MR) is 79.3 cm³/mol. The number of nitrogen functional groups attached to an aromatic ring is 1. The third-order valence-corrected chi connectivity index (χ3v) is 3.12. The summed E-state index contributed by atoms with van der Waals surface area (Å²) in [6, 6.07) is 11.6. The molecule has 0 saturated carbocycles. The molecule has 0 saturated heterocycles. The van der Waals surface area contributed by atoms with Gasteiger partial charge in [-0.25, -0.2) is 4.39 Å². The van der Waals surface area contributed by atoms with Crippen LogP contribution in [0.3, 0.4) is 0 Å². The van der Waals surface area contributed by atoms with E-state index >= 15 is 0 Å². The number of hydrogen-bond donors (Lipinski definition) is 1. The Morgan fingerprint density at radius 1 is 1.20 bits per heavy atom. The van der Waals surface area contributed by atoms with Crippen molar-refractivity contribution in [2.24, 2.45) is 0 Å². The molecule has 3 nitrogen and oxygen atoms in total. The highest BCUT2D eigenvalue weighted by Gasteiger charge is 2.19. The normalized spacial score (nSPS) is 10.3. The number of nitrogens with two attached hydrogens (primary N) is 1. The molecule has 104 valence electrons. The molecule has 0 atom stereocenters. The summed E-state index contributed by atoms with van der Waals surface area (Å²) in [5.41, 5.74) is 7.82. The number of amides is 1. The number of nitrogens with zero attached hydrogens (tertiary/aromatic N) is 1. The molecule has 0 fully saturated rings. The molecule has 2 aromatic carbocycles. The summed E-state index contributed by atoms with van der Waals surface area (Å²) in [5, 5.41) is 0. The van der Waals surface area contributed by atoms with Gasteiger partial charge in [-0.05, 0) is 55.8 Å². The first kappa shape index (κ1) is 14.1. The van der Waals surface area contributed by atoms with E-state index in [-0.39, 0.29) is 11.5 Å². The van der Waals surface area contributed by atoms with Gasteiger partial charge in [-0.1, -0.05) is 6.07 Å². The number of halogens is 1. The molecule has 1 amide bonds. The topological polar surface area (TPSA) is 46.3 Å². The molecule has 2 N–H and O–H groups in total. The van der Waals surface area contributed by atoms with Crippen LogP contribution in [0.1, 0.15) is 22.8 Å². The summed E-state index contributed by atoms with van der Waals surface area (Å²) in [4.78, 5) is 14.0. The minimum absolute atomic E-state index is 0.0780. The van der Waals surface area contributed by atoms with Crippen LogP contribution in [0, 0.1) is 12.7 Å². The zero-order chi connectivity index (χ0) is 14.7. The molecular formula is C16H17FN2O. The van der Waals surface area contributed by atoms with Crippen molar-refractivity contribution in [3.63, 3.8) is 0 Å². The fourth-order valence-corrected chi connectivity index (χ4v) is 2.04.